The molecule has 2 aromatic rings. The third-order valence-electron chi connectivity index (χ3n) is 3.77. The molecular weight excluding hydrogens is 266 g/mol. The Morgan fingerprint density at radius 2 is 1.90 bits per heavy atom. The van der Waals surface area contributed by atoms with E-state index in [-0.39, 0.29) is 5.91 Å². The summed E-state index contributed by atoms with van der Waals surface area (Å²) in [5.41, 5.74) is 7.70. The second-order valence-electron chi connectivity index (χ2n) is 5.15. The van der Waals surface area contributed by atoms with Crippen molar-refractivity contribution < 1.29 is 9.21 Å². The van der Waals surface area contributed by atoms with Gasteiger partial charge in [-0.25, -0.2) is 4.98 Å². The number of aryl methyl sites for hydroxylation is 1. The van der Waals surface area contributed by atoms with Gasteiger partial charge in [-0.15, -0.1) is 0 Å². The molecule has 0 radical (unpaired) electrons. The van der Waals surface area contributed by atoms with E-state index < -0.39 is 5.54 Å². The van der Waals surface area contributed by atoms with E-state index in [2.05, 4.69) is 10.3 Å². The summed E-state index contributed by atoms with van der Waals surface area (Å²) < 4.78 is 5.19. The summed E-state index contributed by atoms with van der Waals surface area (Å²) in [7, 11) is 0. The number of oxazole rings is 1. The summed E-state index contributed by atoms with van der Waals surface area (Å²) in [6.45, 7) is 5.63. The van der Waals surface area contributed by atoms with Gasteiger partial charge in [0.15, 0.2) is 5.89 Å². The minimum Gasteiger partial charge on any atom is -0.449 e. The van der Waals surface area contributed by atoms with E-state index in [0.29, 0.717) is 18.7 Å². The first-order valence-electron chi connectivity index (χ1n) is 7.11. The number of rotatable bonds is 5. The van der Waals surface area contributed by atoms with E-state index >= 15 is 0 Å². The average Bonchev–Trinajstić information content (AvgIpc) is 2.93. The Hall–Kier alpha value is -2.14. The number of aromatic nitrogens is 1. The molecule has 21 heavy (non-hydrogen) atoms. The zero-order valence-electron chi connectivity index (χ0n) is 12.6. The Kier molecular flexibility index (Phi) is 4.43. The van der Waals surface area contributed by atoms with Gasteiger partial charge < -0.3 is 15.5 Å². The van der Waals surface area contributed by atoms with Crippen LogP contribution < -0.4 is 11.1 Å². The average molecular weight is 287 g/mol. The Morgan fingerprint density at radius 3 is 2.38 bits per heavy atom. The van der Waals surface area contributed by atoms with Crippen molar-refractivity contribution in [2.75, 3.05) is 5.32 Å². The molecule has 0 aliphatic heterocycles. The van der Waals surface area contributed by atoms with Gasteiger partial charge in [0.1, 0.15) is 12.0 Å². The second-order valence-corrected chi connectivity index (χ2v) is 5.15. The van der Waals surface area contributed by atoms with Gasteiger partial charge in [0.25, 0.3) is 0 Å². The van der Waals surface area contributed by atoms with Gasteiger partial charge in [0.2, 0.25) is 5.91 Å². The molecule has 0 bridgehead atoms. The Balaban J connectivity index is 2.11. The van der Waals surface area contributed by atoms with Crippen LogP contribution in [0.25, 0.3) is 11.3 Å². The molecule has 5 heteroatoms. The van der Waals surface area contributed by atoms with E-state index in [1.54, 1.807) is 13.2 Å². The van der Waals surface area contributed by atoms with Gasteiger partial charge in [0.05, 0.1) is 5.54 Å². The number of carbonyl (C=O) groups is 1. The molecular formula is C16H21N3O2. The number of hydrogen-bond donors (Lipinski definition) is 2. The van der Waals surface area contributed by atoms with Gasteiger partial charge in [-0.2, -0.15) is 0 Å². The molecule has 2 rings (SSSR count). The standard InChI is InChI=1S/C16H21N3O2/c1-4-16(17,5-2)15(20)19-13-8-6-12(7-9-13)14-10-21-11(3)18-14/h6-10H,4-5,17H2,1-3H3,(H,19,20). The molecule has 0 spiro atoms. The molecule has 1 aromatic carbocycles. The van der Waals surface area contributed by atoms with Crippen LogP contribution in [0.5, 0.6) is 0 Å². The minimum atomic E-state index is -0.818. The van der Waals surface area contributed by atoms with Crippen molar-refractivity contribution in [2.24, 2.45) is 5.73 Å². The molecule has 3 N–H and O–H groups in total. The Morgan fingerprint density at radius 1 is 1.29 bits per heavy atom. The first-order valence-corrected chi connectivity index (χ1v) is 7.11. The maximum atomic E-state index is 12.2. The number of benzene rings is 1. The molecule has 1 heterocycles. The van der Waals surface area contributed by atoms with Crippen molar-refractivity contribution in [1.82, 2.24) is 4.98 Å². The number of nitrogens with zero attached hydrogens (tertiary/aromatic N) is 1. The molecule has 0 aliphatic carbocycles. The van der Waals surface area contributed by atoms with Crippen molar-refractivity contribution in [3.8, 4) is 11.3 Å². The summed E-state index contributed by atoms with van der Waals surface area (Å²) in [6, 6.07) is 7.46. The molecule has 0 saturated carbocycles. The summed E-state index contributed by atoms with van der Waals surface area (Å²) in [6.07, 6.45) is 2.82. The van der Waals surface area contributed by atoms with Crippen molar-refractivity contribution in [1.29, 1.82) is 0 Å². The highest BCUT2D eigenvalue weighted by Crippen LogP contribution is 2.22. The predicted octanol–water partition coefficient (Wildman–Crippen LogP) is 3.11. The maximum Gasteiger partial charge on any atom is 0.244 e. The largest absolute Gasteiger partial charge is 0.449 e. The number of nitrogens with one attached hydrogen (secondary N) is 1. The quantitative estimate of drug-likeness (QED) is 0.885. The van der Waals surface area contributed by atoms with Gasteiger partial charge in [0, 0.05) is 18.2 Å². The van der Waals surface area contributed by atoms with Crippen molar-refractivity contribution in [2.45, 2.75) is 39.2 Å². The van der Waals surface area contributed by atoms with Gasteiger partial charge in [-0.1, -0.05) is 26.0 Å². The molecule has 0 atom stereocenters. The predicted molar refractivity (Wildman–Crippen MR) is 82.8 cm³/mol. The number of carbonyl (C=O) groups excluding carboxylic acids is 1. The smallest absolute Gasteiger partial charge is 0.244 e. The number of hydrogen-bond acceptors (Lipinski definition) is 4. The summed E-state index contributed by atoms with van der Waals surface area (Å²) >= 11 is 0. The van der Waals surface area contributed by atoms with Crippen LogP contribution in [0.4, 0.5) is 5.69 Å². The molecule has 5 nitrogen and oxygen atoms in total. The van der Waals surface area contributed by atoms with Gasteiger partial charge >= 0.3 is 0 Å². The van der Waals surface area contributed by atoms with Crippen molar-refractivity contribution in [3.05, 3.63) is 36.4 Å². The molecule has 0 fully saturated rings. The fourth-order valence-electron chi connectivity index (χ4n) is 2.05. The normalized spacial score (nSPS) is 11.4. The van der Waals surface area contributed by atoms with Crippen LogP contribution in [-0.2, 0) is 4.79 Å². The van der Waals surface area contributed by atoms with Crippen LogP contribution >= 0.6 is 0 Å². The zero-order chi connectivity index (χ0) is 15.5. The first kappa shape index (κ1) is 15.3. The van der Waals surface area contributed by atoms with Gasteiger partial charge in [-0.3, -0.25) is 4.79 Å². The molecule has 1 aromatic heterocycles. The lowest BCUT2D eigenvalue weighted by atomic mass is 9.93. The molecule has 1 amide bonds. The summed E-state index contributed by atoms with van der Waals surface area (Å²) in [5.74, 6) is 0.471. The van der Waals surface area contributed by atoms with Crippen LogP contribution in [0.1, 0.15) is 32.6 Å². The van der Waals surface area contributed by atoms with E-state index in [4.69, 9.17) is 10.2 Å². The fraction of sp³-hybridized carbons (Fsp3) is 0.375. The van der Waals surface area contributed by atoms with E-state index in [0.717, 1.165) is 16.9 Å². The highest BCUT2D eigenvalue weighted by molar-refractivity contribution is 5.98. The lowest BCUT2D eigenvalue weighted by Crippen LogP contribution is -2.50. The third-order valence-corrected chi connectivity index (χ3v) is 3.77. The molecule has 0 saturated heterocycles. The van der Waals surface area contributed by atoms with Gasteiger partial charge in [-0.05, 0) is 25.0 Å². The van der Waals surface area contributed by atoms with Crippen molar-refractivity contribution >= 4 is 11.6 Å². The van der Waals surface area contributed by atoms with E-state index in [9.17, 15) is 4.79 Å². The second kappa shape index (κ2) is 6.10. The monoisotopic (exact) mass is 287 g/mol. The highest BCUT2D eigenvalue weighted by Gasteiger charge is 2.29. The summed E-state index contributed by atoms with van der Waals surface area (Å²) in [4.78, 5) is 16.5. The van der Waals surface area contributed by atoms with Crippen molar-refractivity contribution in [3.63, 3.8) is 0 Å². The van der Waals surface area contributed by atoms with Crippen LogP contribution in [0.2, 0.25) is 0 Å². The van der Waals surface area contributed by atoms with E-state index in [1.165, 1.54) is 0 Å². The molecule has 0 aliphatic rings. The number of nitrogens with two attached hydrogens (primary N) is 1. The lowest BCUT2D eigenvalue weighted by Gasteiger charge is -2.25. The Bertz CT molecular complexity index is 613. The minimum absolute atomic E-state index is 0.155. The zero-order valence-corrected chi connectivity index (χ0v) is 12.6. The fourth-order valence-corrected chi connectivity index (χ4v) is 2.05. The third kappa shape index (κ3) is 3.31. The van der Waals surface area contributed by atoms with Crippen LogP contribution in [-0.4, -0.2) is 16.4 Å². The van der Waals surface area contributed by atoms with E-state index in [1.807, 2.05) is 38.1 Å². The molecule has 0 unspecified atom stereocenters. The van der Waals surface area contributed by atoms with Crippen LogP contribution in [0.15, 0.2) is 34.9 Å². The topological polar surface area (TPSA) is 81.2 Å². The summed E-state index contributed by atoms with van der Waals surface area (Å²) in [5, 5.41) is 2.86. The first-order chi connectivity index (χ1) is 9.98. The maximum absolute atomic E-state index is 12.2. The van der Waals surface area contributed by atoms with Crippen LogP contribution in [0.3, 0.4) is 0 Å². The SMILES string of the molecule is CCC(N)(CC)C(=O)Nc1ccc(-c2coc(C)n2)cc1. The van der Waals surface area contributed by atoms with Crippen LogP contribution in [0, 0.1) is 6.92 Å². The number of anilines is 1. The highest BCUT2D eigenvalue weighted by atomic mass is 16.3. The Labute approximate surface area is 124 Å². The number of amides is 1. The molecule has 112 valence electrons. The lowest BCUT2D eigenvalue weighted by molar-refractivity contribution is -0.121.